The Morgan fingerprint density at radius 3 is 2.52 bits per heavy atom. The maximum atomic E-state index is 9.33. The van der Waals surface area contributed by atoms with Crippen molar-refractivity contribution in [1.82, 2.24) is 10.3 Å². The summed E-state index contributed by atoms with van der Waals surface area (Å²) < 4.78 is 5.53. The van der Waals surface area contributed by atoms with Crippen molar-refractivity contribution in [3.63, 3.8) is 0 Å². The van der Waals surface area contributed by atoms with Crippen molar-refractivity contribution < 1.29 is 9.52 Å². The fourth-order valence-electron chi connectivity index (χ4n) is 2.54. The predicted octanol–water partition coefficient (Wildman–Crippen LogP) is 4.29. The lowest BCUT2D eigenvalue weighted by Crippen LogP contribution is -2.20. The van der Waals surface area contributed by atoms with E-state index < -0.39 is 0 Å². The molecule has 2 aromatic carbocycles. The van der Waals surface area contributed by atoms with Crippen molar-refractivity contribution in [2.75, 3.05) is 0 Å². The first-order chi connectivity index (χ1) is 11.3. The van der Waals surface area contributed by atoms with Gasteiger partial charge < -0.3 is 14.8 Å². The molecule has 23 heavy (non-hydrogen) atoms. The summed E-state index contributed by atoms with van der Waals surface area (Å²) in [6.07, 6.45) is 2.68. The van der Waals surface area contributed by atoms with E-state index in [-0.39, 0.29) is 5.75 Å². The van der Waals surface area contributed by atoms with Crippen LogP contribution in [0.3, 0.4) is 0 Å². The molecule has 1 atom stereocenters. The van der Waals surface area contributed by atoms with Gasteiger partial charge in [-0.3, -0.25) is 0 Å². The van der Waals surface area contributed by atoms with Crippen LogP contribution in [-0.4, -0.2) is 10.1 Å². The Morgan fingerprint density at radius 2 is 1.83 bits per heavy atom. The first-order valence-corrected chi connectivity index (χ1v) is 7.78. The largest absolute Gasteiger partial charge is 0.508 e. The van der Waals surface area contributed by atoms with E-state index in [9.17, 15) is 5.11 Å². The third kappa shape index (κ3) is 3.79. The number of nitrogens with one attached hydrogen (secondary N) is 1. The van der Waals surface area contributed by atoms with E-state index in [0.29, 0.717) is 18.5 Å². The molecule has 0 aliphatic carbocycles. The molecule has 0 spiro atoms. The van der Waals surface area contributed by atoms with Crippen LogP contribution in [0.1, 0.15) is 30.6 Å². The minimum absolute atomic E-state index is 0.232. The minimum Gasteiger partial charge on any atom is -0.508 e. The standard InChI is InChI=1S/C19H20N2O2/c1-2-18(14-6-4-3-5-7-14)20-12-16-13-23-19(21-16)15-8-10-17(22)11-9-15/h3-11,13,18,20,22H,2,12H2,1H3. The Bertz CT molecular complexity index is 736. The molecular weight excluding hydrogens is 288 g/mol. The van der Waals surface area contributed by atoms with Gasteiger partial charge >= 0.3 is 0 Å². The van der Waals surface area contributed by atoms with Gasteiger partial charge in [0, 0.05) is 18.2 Å². The summed E-state index contributed by atoms with van der Waals surface area (Å²) in [6.45, 7) is 2.81. The van der Waals surface area contributed by atoms with Crippen LogP contribution >= 0.6 is 0 Å². The lowest BCUT2D eigenvalue weighted by molar-refractivity contribution is 0.475. The zero-order valence-corrected chi connectivity index (χ0v) is 13.1. The maximum Gasteiger partial charge on any atom is 0.226 e. The second-order valence-electron chi connectivity index (χ2n) is 5.44. The van der Waals surface area contributed by atoms with E-state index >= 15 is 0 Å². The van der Waals surface area contributed by atoms with E-state index in [2.05, 4.69) is 41.5 Å². The molecular formula is C19H20N2O2. The van der Waals surface area contributed by atoms with Crippen LogP contribution in [0.4, 0.5) is 0 Å². The number of aromatic hydroxyl groups is 1. The topological polar surface area (TPSA) is 58.3 Å². The molecule has 0 radical (unpaired) electrons. The number of hydrogen-bond donors (Lipinski definition) is 2. The van der Waals surface area contributed by atoms with Crippen LogP contribution in [0, 0.1) is 0 Å². The molecule has 0 saturated carbocycles. The fraction of sp³-hybridized carbons (Fsp3) is 0.211. The Labute approximate surface area is 135 Å². The molecule has 3 aromatic rings. The van der Waals surface area contributed by atoms with Gasteiger partial charge in [0.05, 0.1) is 5.69 Å². The van der Waals surface area contributed by atoms with Crippen LogP contribution in [0.25, 0.3) is 11.5 Å². The summed E-state index contributed by atoms with van der Waals surface area (Å²) in [5.74, 6) is 0.797. The van der Waals surface area contributed by atoms with Crippen molar-refractivity contribution in [2.24, 2.45) is 0 Å². The van der Waals surface area contributed by atoms with Gasteiger partial charge in [-0.05, 0) is 36.2 Å². The van der Waals surface area contributed by atoms with Gasteiger partial charge in [0.1, 0.15) is 12.0 Å². The summed E-state index contributed by atoms with van der Waals surface area (Å²) in [5.41, 5.74) is 2.99. The number of rotatable bonds is 6. The summed E-state index contributed by atoms with van der Waals surface area (Å²) in [5, 5.41) is 12.8. The summed E-state index contributed by atoms with van der Waals surface area (Å²) in [4.78, 5) is 4.50. The predicted molar refractivity (Wildman–Crippen MR) is 89.9 cm³/mol. The molecule has 0 fully saturated rings. The van der Waals surface area contributed by atoms with E-state index in [4.69, 9.17) is 4.42 Å². The quantitative estimate of drug-likeness (QED) is 0.713. The Kier molecular flexibility index (Phi) is 4.74. The summed E-state index contributed by atoms with van der Waals surface area (Å²) >= 11 is 0. The Balaban J connectivity index is 1.66. The van der Waals surface area contributed by atoms with Crippen LogP contribution in [-0.2, 0) is 6.54 Å². The molecule has 118 valence electrons. The summed E-state index contributed by atoms with van der Waals surface area (Å²) in [6, 6.07) is 17.5. The molecule has 3 rings (SSSR count). The van der Waals surface area contributed by atoms with E-state index in [1.54, 1.807) is 30.5 Å². The van der Waals surface area contributed by atoms with Crippen LogP contribution in [0.2, 0.25) is 0 Å². The third-order valence-electron chi connectivity index (χ3n) is 3.81. The normalized spacial score (nSPS) is 12.2. The highest BCUT2D eigenvalue weighted by molar-refractivity contribution is 5.54. The van der Waals surface area contributed by atoms with Crippen molar-refractivity contribution in [3.8, 4) is 17.2 Å². The molecule has 0 bridgehead atoms. The lowest BCUT2D eigenvalue weighted by Gasteiger charge is -2.16. The third-order valence-corrected chi connectivity index (χ3v) is 3.81. The van der Waals surface area contributed by atoms with Gasteiger partial charge in [0.25, 0.3) is 0 Å². The molecule has 1 unspecified atom stereocenters. The molecule has 1 heterocycles. The molecule has 0 amide bonds. The van der Waals surface area contributed by atoms with Gasteiger partial charge in [-0.25, -0.2) is 4.98 Å². The van der Waals surface area contributed by atoms with Crippen LogP contribution in [0.15, 0.2) is 65.3 Å². The van der Waals surface area contributed by atoms with Crippen LogP contribution in [0.5, 0.6) is 5.75 Å². The Hall–Kier alpha value is -2.59. The monoisotopic (exact) mass is 308 g/mol. The summed E-state index contributed by atoms with van der Waals surface area (Å²) in [7, 11) is 0. The molecule has 0 aliphatic rings. The number of phenolic OH excluding ortho intramolecular Hbond substituents is 1. The molecule has 0 aliphatic heterocycles. The average Bonchev–Trinajstić information content (AvgIpc) is 3.06. The second kappa shape index (κ2) is 7.11. The molecule has 0 saturated heterocycles. The average molecular weight is 308 g/mol. The van der Waals surface area contributed by atoms with Crippen molar-refractivity contribution >= 4 is 0 Å². The number of oxazole rings is 1. The van der Waals surface area contributed by atoms with Crippen molar-refractivity contribution in [3.05, 3.63) is 72.1 Å². The van der Waals surface area contributed by atoms with E-state index in [1.807, 2.05) is 6.07 Å². The van der Waals surface area contributed by atoms with Crippen LogP contribution < -0.4 is 5.32 Å². The zero-order chi connectivity index (χ0) is 16.1. The highest BCUT2D eigenvalue weighted by Crippen LogP contribution is 2.22. The SMILES string of the molecule is CCC(NCc1coc(-c2ccc(O)cc2)n1)c1ccccc1. The number of aromatic nitrogens is 1. The highest BCUT2D eigenvalue weighted by Gasteiger charge is 2.11. The molecule has 4 nitrogen and oxygen atoms in total. The van der Waals surface area contributed by atoms with Gasteiger partial charge in [-0.2, -0.15) is 0 Å². The van der Waals surface area contributed by atoms with Crippen molar-refractivity contribution in [2.45, 2.75) is 25.9 Å². The van der Waals surface area contributed by atoms with E-state index in [0.717, 1.165) is 17.7 Å². The first-order valence-electron chi connectivity index (χ1n) is 7.78. The molecule has 1 aromatic heterocycles. The highest BCUT2D eigenvalue weighted by atomic mass is 16.3. The van der Waals surface area contributed by atoms with Gasteiger partial charge in [0.15, 0.2) is 0 Å². The van der Waals surface area contributed by atoms with Gasteiger partial charge in [-0.1, -0.05) is 37.3 Å². The number of benzene rings is 2. The number of phenols is 1. The smallest absolute Gasteiger partial charge is 0.226 e. The Morgan fingerprint density at radius 1 is 1.09 bits per heavy atom. The maximum absolute atomic E-state index is 9.33. The zero-order valence-electron chi connectivity index (χ0n) is 13.1. The first kappa shape index (κ1) is 15.3. The second-order valence-corrected chi connectivity index (χ2v) is 5.44. The van der Waals surface area contributed by atoms with E-state index in [1.165, 1.54) is 5.56 Å². The minimum atomic E-state index is 0.232. The number of hydrogen-bond acceptors (Lipinski definition) is 4. The van der Waals surface area contributed by atoms with Crippen molar-refractivity contribution in [1.29, 1.82) is 0 Å². The van der Waals surface area contributed by atoms with Gasteiger partial charge in [-0.15, -0.1) is 0 Å². The molecule has 2 N–H and O–H groups in total. The fourth-order valence-corrected chi connectivity index (χ4v) is 2.54. The lowest BCUT2D eigenvalue weighted by atomic mass is 10.0. The number of nitrogens with zero attached hydrogens (tertiary/aromatic N) is 1. The van der Waals surface area contributed by atoms with Gasteiger partial charge in [0.2, 0.25) is 5.89 Å². The molecule has 4 heteroatoms.